The van der Waals surface area contributed by atoms with Crippen LogP contribution < -0.4 is 5.73 Å². The van der Waals surface area contributed by atoms with Crippen molar-refractivity contribution >= 4 is 19.8 Å². The summed E-state index contributed by atoms with van der Waals surface area (Å²) in [5.41, 5.74) is 5.35. The number of allylic oxidation sites excluding steroid dienone is 8. The molecule has 2 atom stereocenters. The third-order valence-corrected chi connectivity index (χ3v) is 10.2. The maximum atomic E-state index is 12.6. The number of esters is 2. The first-order valence-corrected chi connectivity index (χ1v) is 23.6. The smallest absolute Gasteiger partial charge is 0.462 e. The lowest BCUT2D eigenvalue weighted by Crippen LogP contribution is -2.29. The van der Waals surface area contributed by atoms with Gasteiger partial charge in [-0.2, -0.15) is 0 Å². The molecule has 0 amide bonds. The summed E-state index contributed by atoms with van der Waals surface area (Å²) < 4.78 is 32.8. The molecule has 320 valence electrons. The number of unbranched alkanes of at least 4 members (excludes halogenated alkanes) is 20. The van der Waals surface area contributed by atoms with Crippen LogP contribution in [0.15, 0.2) is 48.6 Å². The Morgan fingerprint density at radius 2 is 0.945 bits per heavy atom. The topological polar surface area (TPSA) is 134 Å². The van der Waals surface area contributed by atoms with Crippen LogP contribution >= 0.6 is 7.82 Å². The summed E-state index contributed by atoms with van der Waals surface area (Å²) in [6, 6.07) is 0. The Kier molecular flexibility index (Phi) is 40.1. The van der Waals surface area contributed by atoms with Gasteiger partial charge in [-0.3, -0.25) is 18.6 Å². The van der Waals surface area contributed by atoms with Crippen molar-refractivity contribution in [3.63, 3.8) is 0 Å². The zero-order valence-corrected chi connectivity index (χ0v) is 36.0. The molecule has 10 heteroatoms. The minimum atomic E-state index is -4.39. The van der Waals surface area contributed by atoms with Crippen molar-refractivity contribution in [1.29, 1.82) is 0 Å². The molecular weight excluding hydrogens is 713 g/mol. The Balaban J connectivity index is 4.21. The highest BCUT2D eigenvalue weighted by molar-refractivity contribution is 7.47. The second kappa shape index (κ2) is 41.6. The fraction of sp³-hybridized carbons (Fsp3) is 0.778. The Bertz CT molecular complexity index is 1040. The lowest BCUT2D eigenvalue weighted by Gasteiger charge is -2.19. The predicted molar refractivity (Wildman–Crippen MR) is 229 cm³/mol. The Hall–Kier alpha value is -2.03. The molecule has 0 aliphatic rings. The van der Waals surface area contributed by atoms with Crippen molar-refractivity contribution in [1.82, 2.24) is 0 Å². The van der Waals surface area contributed by atoms with Crippen LogP contribution in [-0.4, -0.2) is 49.3 Å². The average molecular weight is 796 g/mol. The van der Waals surface area contributed by atoms with Crippen LogP contribution in [0.3, 0.4) is 0 Å². The molecule has 0 rings (SSSR count). The summed E-state index contributed by atoms with van der Waals surface area (Å²) in [5, 5.41) is 0. The van der Waals surface area contributed by atoms with E-state index in [4.69, 9.17) is 24.3 Å². The lowest BCUT2D eigenvalue weighted by molar-refractivity contribution is -0.161. The van der Waals surface area contributed by atoms with Gasteiger partial charge < -0.3 is 20.1 Å². The lowest BCUT2D eigenvalue weighted by atomic mass is 10.0. The zero-order chi connectivity index (χ0) is 40.3. The third-order valence-electron chi connectivity index (χ3n) is 9.22. The van der Waals surface area contributed by atoms with Gasteiger partial charge in [0.1, 0.15) is 6.61 Å². The van der Waals surface area contributed by atoms with Gasteiger partial charge in [0.2, 0.25) is 0 Å². The van der Waals surface area contributed by atoms with Gasteiger partial charge in [0.05, 0.1) is 13.2 Å². The molecule has 0 aromatic carbocycles. The minimum Gasteiger partial charge on any atom is -0.462 e. The first-order chi connectivity index (χ1) is 26.8. The van der Waals surface area contributed by atoms with E-state index in [0.717, 1.165) is 57.8 Å². The summed E-state index contributed by atoms with van der Waals surface area (Å²) in [7, 11) is -4.39. The van der Waals surface area contributed by atoms with E-state index in [1.807, 2.05) is 0 Å². The number of carbonyl (C=O) groups is 2. The van der Waals surface area contributed by atoms with E-state index < -0.39 is 26.5 Å². The molecule has 9 nitrogen and oxygen atoms in total. The van der Waals surface area contributed by atoms with E-state index in [0.29, 0.717) is 6.42 Å². The van der Waals surface area contributed by atoms with Crippen LogP contribution in [-0.2, 0) is 32.7 Å². The normalized spacial score (nSPS) is 13.7. The fourth-order valence-electron chi connectivity index (χ4n) is 5.91. The van der Waals surface area contributed by atoms with Crippen molar-refractivity contribution in [2.75, 3.05) is 26.4 Å². The molecule has 1 unspecified atom stereocenters. The number of carbonyl (C=O) groups excluding carboxylic acids is 2. The largest absolute Gasteiger partial charge is 0.472 e. The average Bonchev–Trinajstić information content (AvgIpc) is 3.17. The van der Waals surface area contributed by atoms with Crippen LogP contribution in [0.2, 0.25) is 0 Å². The Morgan fingerprint density at radius 1 is 0.545 bits per heavy atom. The van der Waals surface area contributed by atoms with Crippen molar-refractivity contribution in [3.05, 3.63) is 48.6 Å². The first kappa shape index (κ1) is 53.0. The zero-order valence-electron chi connectivity index (χ0n) is 35.2. The fourth-order valence-corrected chi connectivity index (χ4v) is 6.68. The number of phosphoric ester groups is 1. The minimum absolute atomic E-state index is 0.0473. The first-order valence-electron chi connectivity index (χ1n) is 22.1. The highest BCUT2D eigenvalue weighted by Gasteiger charge is 2.26. The van der Waals surface area contributed by atoms with Crippen LogP contribution in [0.25, 0.3) is 0 Å². The number of phosphoric acid groups is 1. The van der Waals surface area contributed by atoms with E-state index in [9.17, 15) is 19.0 Å². The van der Waals surface area contributed by atoms with Gasteiger partial charge in [-0.25, -0.2) is 4.57 Å². The molecule has 0 radical (unpaired) electrons. The van der Waals surface area contributed by atoms with E-state index in [1.54, 1.807) is 0 Å². The molecule has 0 aliphatic heterocycles. The Morgan fingerprint density at radius 3 is 1.44 bits per heavy atom. The quantitative estimate of drug-likeness (QED) is 0.0268. The molecule has 0 aliphatic carbocycles. The molecule has 0 aromatic heterocycles. The van der Waals surface area contributed by atoms with Gasteiger partial charge in [0, 0.05) is 19.4 Å². The van der Waals surface area contributed by atoms with Crippen LogP contribution in [0, 0.1) is 0 Å². The van der Waals surface area contributed by atoms with Crippen LogP contribution in [0.4, 0.5) is 0 Å². The van der Waals surface area contributed by atoms with Crippen LogP contribution in [0.1, 0.15) is 194 Å². The summed E-state index contributed by atoms with van der Waals surface area (Å²) in [6.07, 6.45) is 47.1. The molecule has 0 spiro atoms. The van der Waals surface area contributed by atoms with Gasteiger partial charge >= 0.3 is 19.8 Å². The van der Waals surface area contributed by atoms with Gasteiger partial charge in [-0.05, 0) is 57.8 Å². The van der Waals surface area contributed by atoms with Gasteiger partial charge in [0.25, 0.3) is 0 Å². The summed E-state index contributed by atoms with van der Waals surface area (Å²) in [4.78, 5) is 34.9. The van der Waals surface area contributed by atoms with E-state index in [2.05, 4.69) is 62.5 Å². The second-order valence-electron chi connectivity index (χ2n) is 14.6. The van der Waals surface area contributed by atoms with Crippen molar-refractivity contribution in [3.8, 4) is 0 Å². The molecule has 0 heterocycles. The number of ether oxygens (including phenoxy) is 2. The maximum Gasteiger partial charge on any atom is 0.472 e. The van der Waals surface area contributed by atoms with Crippen molar-refractivity contribution < 1.29 is 37.6 Å². The SMILES string of the molecule is CCCCC/C=C\C/C=C\C/C=C\C/C=C\CCCCCC(=O)O[C@H](COC(=O)CCCCCCCCCCCCCCCCC)COP(=O)(O)OCCN. The highest BCUT2D eigenvalue weighted by atomic mass is 31.2. The number of hydrogen-bond acceptors (Lipinski definition) is 8. The molecule has 0 saturated heterocycles. The van der Waals surface area contributed by atoms with Crippen molar-refractivity contribution in [2.24, 2.45) is 5.73 Å². The molecule has 0 bridgehead atoms. The summed E-state index contributed by atoms with van der Waals surface area (Å²) in [5.74, 6) is -0.861. The standard InChI is InChI=1S/C45H82NO8P/c1-3-5-7-9-11-13-15-17-19-20-21-22-24-26-28-30-32-34-36-38-45(48)54-43(42-53-55(49,50)52-40-39-46)41-51-44(47)37-35-33-31-29-27-25-23-18-16-14-12-10-8-6-4-2/h11,13,17,19,21-22,26,28,43H,3-10,12,14-16,18,20,23-25,27,29-42,46H2,1-2H3,(H,49,50)/b13-11-,19-17-,22-21-,28-26-/t43-/m1/s1. The number of rotatable bonds is 41. The maximum absolute atomic E-state index is 12.6. The van der Waals surface area contributed by atoms with Crippen molar-refractivity contribution in [2.45, 2.75) is 200 Å². The molecule has 0 fully saturated rings. The molecule has 3 N–H and O–H groups in total. The third kappa shape index (κ3) is 41.4. The van der Waals surface area contributed by atoms with E-state index in [-0.39, 0.29) is 38.6 Å². The van der Waals surface area contributed by atoms with Gasteiger partial charge in [-0.1, -0.05) is 172 Å². The Labute approximate surface area is 336 Å². The van der Waals surface area contributed by atoms with E-state index >= 15 is 0 Å². The summed E-state index contributed by atoms with van der Waals surface area (Å²) >= 11 is 0. The predicted octanol–water partition coefficient (Wildman–Crippen LogP) is 12.7. The molecule has 0 saturated carbocycles. The number of nitrogens with two attached hydrogens (primary N) is 1. The monoisotopic (exact) mass is 796 g/mol. The molecule has 0 aromatic rings. The molecule has 55 heavy (non-hydrogen) atoms. The highest BCUT2D eigenvalue weighted by Crippen LogP contribution is 2.43. The number of hydrogen-bond donors (Lipinski definition) is 2. The van der Waals surface area contributed by atoms with Gasteiger partial charge in [0.15, 0.2) is 6.10 Å². The summed E-state index contributed by atoms with van der Waals surface area (Å²) in [6.45, 7) is 3.67. The van der Waals surface area contributed by atoms with Gasteiger partial charge in [-0.15, -0.1) is 0 Å². The second-order valence-corrected chi connectivity index (χ2v) is 16.0. The molecular formula is C45H82NO8P. The van der Waals surface area contributed by atoms with E-state index in [1.165, 1.54) is 103 Å². The van der Waals surface area contributed by atoms with Crippen LogP contribution in [0.5, 0.6) is 0 Å².